The van der Waals surface area contributed by atoms with E-state index in [1.165, 1.54) is 9.80 Å². The van der Waals surface area contributed by atoms with Crippen LogP contribution in [0.5, 0.6) is 0 Å². The first-order chi connectivity index (χ1) is 23.3. The van der Waals surface area contributed by atoms with Gasteiger partial charge in [-0.1, -0.05) is 65.5 Å². The summed E-state index contributed by atoms with van der Waals surface area (Å²) >= 11 is 0. The Balaban J connectivity index is 1.58. The molecule has 4 amide bonds. The van der Waals surface area contributed by atoms with Crippen LogP contribution in [0.15, 0.2) is 36.4 Å². The lowest BCUT2D eigenvalue weighted by Crippen LogP contribution is -2.47. The van der Waals surface area contributed by atoms with Gasteiger partial charge in [0.05, 0.1) is 18.2 Å². The van der Waals surface area contributed by atoms with Gasteiger partial charge < -0.3 is 0 Å². The number of hydrogen-bond donors (Lipinski definition) is 0. The molecule has 0 N–H and O–H groups in total. The number of carbonyl (C=O) groups excluding carboxylic acids is 4. The molecule has 2 unspecified atom stereocenters. The Labute approximate surface area is 279 Å². The molecule has 0 bridgehead atoms. The second kappa shape index (κ2) is 11.7. The maximum atomic E-state index is 14.2. The van der Waals surface area contributed by atoms with Gasteiger partial charge in [-0.2, -0.15) is 5.26 Å². The predicted octanol–water partition coefficient (Wildman–Crippen LogP) is 9.29. The van der Waals surface area contributed by atoms with Crippen molar-refractivity contribution in [1.29, 1.82) is 5.26 Å². The van der Waals surface area contributed by atoms with Crippen molar-refractivity contribution in [2.24, 2.45) is 0 Å². The molecule has 2 aliphatic rings. The van der Waals surface area contributed by atoms with Gasteiger partial charge in [0.25, 0.3) is 23.6 Å². The third kappa shape index (κ3) is 4.12. The molecule has 48 heavy (non-hydrogen) atoms. The van der Waals surface area contributed by atoms with Crippen LogP contribution in [0.4, 0.5) is 5.69 Å². The molecule has 0 radical (unpaired) electrons. The summed E-state index contributed by atoms with van der Waals surface area (Å²) in [6.45, 7) is 16.3. The highest BCUT2D eigenvalue weighted by atomic mass is 16.2. The average molecular weight is 637 g/mol. The minimum atomic E-state index is -0.430. The van der Waals surface area contributed by atoms with Crippen LogP contribution in [0, 0.1) is 17.9 Å². The van der Waals surface area contributed by atoms with E-state index in [-0.39, 0.29) is 46.3 Å². The van der Waals surface area contributed by atoms with E-state index in [2.05, 4.69) is 24.8 Å². The van der Waals surface area contributed by atoms with Crippen molar-refractivity contribution < 1.29 is 19.2 Å². The summed E-state index contributed by atoms with van der Waals surface area (Å²) in [5.41, 5.74) is 1.84. The van der Waals surface area contributed by atoms with Crippen molar-refractivity contribution in [2.75, 3.05) is 0 Å². The molecule has 0 saturated heterocycles. The highest BCUT2D eigenvalue weighted by molar-refractivity contribution is 6.43. The van der Waals surface area contributed by atoms with Crippen LogP contribution < -0.4 is 0 Å². The van der Waals surface area contributed by atoms with E-state index < -0.39 is 11.8 Å². The normalized spacial score (nSPS) is 15.6. The van der Waals surface area contributed by atoms with Gasteiger partial charge in [0.2, 0.25) is 0 Å². The molecular weight excluding hydrogens is 600 g/mol. The fourth-order valence-corrected chi connectivity index (χ4v) is 8.23. The Bertz CT molecular complexity index is 2190. The highest BCUT2D eigenvalue weighted by Crippen LogP contribution is 2.50. The number of hydrogen-bond acceptors (Lipinski definition) is 5. The zero-order valence-corrected chi connectivity index (χ0v) is 27.7. The lowest BCUT2D eigenvalue weighted by molar-refractivity contribution is 0.0508. The summed E-state index contributed by atoms with van der Waals surface area (Å²) in [6.07, 6.45) is 6.29. The monoisotopic (exact) mass is 636 g/mol. The van der Waals surface area contributed by atoms with Gasteiger partial charge in [0, 0.05) is 50.5 Å². The van der Waals surface area contributed by atoms with Crippen LogP contribution in [-0.4, -0.2) is 45.5 Å². The molecule has 0 saturated carbocycles. The van der Waals surface area contributed by atoms with Gasteiger partial charge in [-0.05, 0) is 76.9 Å². The third-order valence-corrected chi connectivity index (χ3v) is 10.6. The molecule has 240 valence electrons. The van der Waals surface area contributed by atoms with Crippen molar-refractivity contribution >= 4 is 72.4 Å². The Kier molecular flexibility index (Phi) is 7.63. The first-order valence-electron chi connectivity index (χ1n) is 17.1. The summed E-state index contributed by atoms with van der Waals surface area (Å²) in [6, 6.07) is 12.0. The van der Waals surface area contributed by atoms with E-state index in [1.807, 2.05) is 26.0 Å². The minimum absolute atomic E-state index is 0.219. The average Bonchev–Trinajstić information content (AvgIpc) is 3.11. The number of imide groups is 2. The van der Waals surface area contributed by atoms with E-state index in [4.69, 9.17) is 6.57 Å². The summed E-state index contributed by atoms with van der Waals surface area (Å²) in [5.74, 6) is -1.54. The van der Waals surface area contributed by atoms with Crippen LogP contribution in [-0.2, 0) is 0 Å². The second-order valence-corrected chi connectivity index (χ2v) is 13.1. The van der Waals surface area contributed by atoms with Gasteiger partial charge in [-0.25, -0.2) is 4.85 Å². The topological polar surface area (TPSA) is 103 Å². The molecule has 0 aromatic heterocycles. The fourth-order valence-electron chi connectivity index (χ4n) is 8.23. The fraction of sp³-hybridized carbons (Fsp3) is 0.350. The smallest absolute Gasteiger partial charge is 0.261 e. The van der Waals surface area contributed by atoms with E-state index in [0.717, 1.165) is 32.1 Å². The number of nitrogens with zero attached hydrogens (tertiary/aromatic N) is 4. The Morgan fingerprint density at radius 2 is 1.12 bits per heavy atom. The van der Waals surface area contributed by atoms with Crippen molar-refractivity contribution in [3.05, 3.63) is 75.6 Å². The number of benzene rings is 5. The molecule has 0 fully saturated rings. The number of amides is 4. The van der Waals surface area contributed by atoms with Crippen LogP contribution in [0.1, 0.15) is 126 Å². The Morgan fingerprint density at radius 3 is 1.60 bits per heavy atom. The van der Waals surface area contributed by atoms with Crippen molar-refractivity contribution in [3.8, 4) is 6.07 Å². The maximum absolute atomic E-state index is 14.2. The molecule has 8 nitrogen and oxygen atoms in total. The van der Waals surface area contributed by atoms with Crippen molar-refractivity contribution in [2.45, 2.75) is 91.1 Å². The van der Waals surface area contributed by atoms with Gasteiger partial charge in [0.15, 0.2) is 5.69 Å². The van der Waals surface area contributed by atoms with Gasteiger partial charge >= 0.3 is 0 Å². The molecule has 5 aromatic carbocycles. The number of nitriles is 1. The van der Waals surface area contributed by atoms with Gasteiger partial charge in [0.1, 0.15) is 0 Å². The van der Waals surface area contributed by atoms with Crippen LogP contribution in [0.2, 0.25) is 0 Å². The van der Waals surface area contributed by atoms with Crippen LogP contribution >= 0.6 is 0 Å². The molecule has 2 aliphatic heterocycles. The highest BCUT2D eigenvalue weighted by Gasteiger charge is 2.41. The Hall–Kier alpha value is -5.34. The van der Waals surface area contributed by atoms with Crippen molar-refractivity contribution in [1.82, 2.24) is 9.80 Å². The van der Waals surface area contributed by atoms with E-state index in [0.29, 0.717) is 73.5 Å². The maximum Gasteiger partial charge on any atom is 0.261 e. The first-order valence-corrected chi connectivity index (χ1v) is 17.1. The molecule has 0 aliphatic carbocycles. The largest absolute Gasteiger partial charge is 0.271 e. The molecule has 7 rings (SSSR count). The summed E-state index contributed by atoms with van der Waals surface area (Å²) in [7, 11) is 0. The molecular formula is C40H36N4O4. The summed E-state index contributed by atoms with van der Waals surface area (Å²) < 4.78 is 0. The lowest BCUT2D eigenvalue weighted by atomic mass is 9.80. The molecule has 0 spiro atoms. The molecule has 5 aromatic rings. The number of fused-ring (bicyclic) bond motifs is 2. The van der Waals surface area contributed by atoms with Crippen LogP contribution in [0.25, 0.3) is 47.9 Å². The SMILES string of the molecule is [C-]#[N+]c1cc2c3c(cc(C#N)c4c5ccc6c7c(ccc(c1c34)c75)C(=O)N(C(CC)CCCC)C6=O)C(=O)N(C(CC)CCCC)C2=O. The van der Waals surface area contributed by atoms with E-state index in [1.54, 1.807) is 24.3 Å². The summed E-state index contributed by atoms with van der Waals surface area (Å²) in [5, 5.41) is 15.0. The second-order valence-electron chi connectivity index (χ2n) is 13.1. The molecule has 2 atom stereocenters. The third-order valence-electron chi connectivity index (χ3n) is 10.6. The number of carbonyl (C=O) groups is 4. The zero-order valence-electron chi connectivity index (χ0n) is 27.7. The van der Waals surface area contributed by atoms with Crippen LogP contribution in [0.3, 0.4) is 0 Å². The number of rotatable bonds is 10. The first kappa shape index (κ1) is 31.3. The lowest BCUT2D eigenvalue weighted by Gasteiger charge is -2.35. The Morgan fingerprint density at radius 1 is 0.646 bits per heavy atom. The molecule has 2 heterocycles. The zero-order chi connectivity index (χ0) is 34.0. The van der Waals surface area contributed by atoms with Gasteiger partial charge in [-0.3, -0.25) is 29.0 Å². The van der Waals surface area contributed by atoms with Crippen molar-refractivity contribution in [3.63, 3.8) is 0 Å². The summed E-state index contributed by atoms with van der Waals surface area (Å²) in [4.78, 5) is 63.2. The van der Waals surface area contributed by atoms with E-state index >= 15 is 0 Å². The molecule has 8 heteroatoms. The van der Waals surface area contributed by atoms with E-state index in [9.17, 15) is 24.4 Å². The van der Waals surface area contributed by atoms with Gasteiger partial charge in [-0.15, -0.1) is 0 Å². The number of unbranched alkanes of at least 4 members (excludes halogenated alkanes) is 2. The standard InChI is InChI=1S/C40H36N4O4/c1-6-10-12-22(8-3)43-37(45)26-16-14-24-31-21(20-41)18-28-34-29(40(48)44(39(28)47)23(9-4)13-11-7-2)19-30(42-5)35(36(31)34)25-15-17-27(38(43)46)33(26)32(24)25/h14-19,22-23H,6-13H2,1-4H3. The predicted molar refractivity (Wildman–Crippen MR) is 187 cm³/mol. The quantitative estimate of drug-likeness (QED) is 0.0658. The minimum Gasteiger partial charge on any atom is -0.271 e.